The molecule has 8 heteroatoms. The highest BCUT2D eigenvalue weighted by atomic mass is 35.5. The third-order valence-corrected chi connectivity index (χ3v) is 6.26. The molecule has 0 saturated heterocycles. The fourth-order valence-electron chi connectivity index (χ4n) is 2.36. The summed E-state index contributed by atoms with van der Waals surface area (Å²) in [6.07, 6.45) is 0.209. The van der Waals surface area contributed by atoms with Crippen molar-refractivity contribution in [2.45, 2.75) is 18.2 Å². The molecule has 0 radical (unpaired) electrons. The summed E-state index contributed by atoms with van der Waals surface area (Å²) in [6, 6.07) is 9.46. The van der Waals surface area contributed by atoms with Gasteiger partial charge in [0.25, 0.3) is 0 Å². The number of methoxy groups -OCH3 is 1. The second-order valence-electron chi connectivity index (χ2n) is 5.47. The summed E-state index contributed by atoms with van der Waals surface area (Å²) in [5.41, 5.74) is 0.298. The summed E-state index contributed by atoms with van der Waals surface area (Å²) in [6.45, 7) is 1.45. The standard InChI is InChI=1S/C18H18Cl2O5S/c1-12(21)13-8-9-14(19)17(20)18(13)25-10-5-11-26(22,23)16-7-4-3-6-15(16)24-2/h3-4,6-9H,5,10-11H2,1-2H3. The lowest BCUT2D eigenvalue weighted by Crippen LogP contribution is -2.12. The molecule has 0 aliphatic carbocycles. The predicted molar refractivity (Wildman–Crippen MR) is 102 cm³/mol. The van der Waals surface area contributed by atoms with E-state index in [0.717, 1.165) is 0 Å². The molecular weight excluding hydrogens is 399 g/mol. The molecule has 2 aromatic carbocycles. The first kappa shape index (κ1) is 20.6. The molecule has 2 aromatic rings. The van der Waals surface area contributed by atoms with Gasteiger partial charge in [-0.2, -0.15) is 0 Å². The Morgan fingerprint density at radius 1 is 1.12 bits per heavy atom. The van der Waals surface area contributed by atoms with Gasteiger partial charge in [0.05, 0.1) is 30.1 Å². The molecular formula is C18H18Cl2O5S. The zero-order valence-electron chi connectivity index (χ0n) is 14.3. The number of hydrogen-bond donors (Lipinski definition) is 0. The molecule has 0 atom stereocenters. The van der Waals surface area contributed by atoms with Gasteiger partial charge in [-0.15, -0.1) is 0 Å². The summed E-state index contributed by atoms with van der Waals surface area (Å²) in [7, 11) is -2.11. The Morgan fingerprint density at radius 2 is 1.81 bits per heavy atom. The maximum Gasteiger partial charge on any atom is 0.182 e. The molecule has 0 spiro atoms. The highest BCUT2D eigenvalue weighted by Crippen LogP contribution is 2.35. The molecule has 0 N–H and O–H groups in total. The highest BCUT2D eigenvalue weighted by molar-refractivity contribution is 7.91. The van der Waals surface area contributed by atoms with Crippen molar-refractivity contribution >= 4 is 38.8 Å². The number of carbonyl (C=O) groups excluding carboxylic acids is 1. The van der Waals surface area contributed by atoms with Crippen molar-refractivity contribution in [3.63, 3.8) is 0 Å². The molecule has 2 rings (SSSR count). The monoisotopic (exact) mass is 416 g/mol. The molecule has 0 aliphatic rings. The van der Waals surface area contributed by atoms with Gasteiger partial charge in [-0.25, -0.2) is 8.42 Å². The molecule has 26 heavy (non-hydrogen) atoms. The van der Waals surface area contributed by atoms with Crippen molar-refractivity contribution < 1.29 is 22.7 Å². The van der Waals surface area contributed by atoms with E-state index in [9.17, 15) is 13.2 Å². The molecule has 140 valence electrons. The van der Waals surface area contributed by atoms with Crippen LogP contribution in [0.2, 0.25) is 10.0 Å². The first-order chi connectivity index (χ1) is 12.3. The predicted octanol–water partition coefficient (Wildman–Crippen LogP) is 4.45. The summed E-state index contributed by atoms with van der Waals surface area (Å²) in [4.78, 5) is 11.8. The Balaban J connectivity index is 2.08. The molecule has 0 bridgehead atoms. The van der Waals surface area contributed by atoms with Crippen LogP contribution < -0.4 is 9.47 Å². The Hall–Kier alpha value is -1.76. The molecule has 0 saturated carbocycles. The van der Waals surface area contributed by atoms with Gasteiger partial charge < -0.3 is 9.47 Å². The van der Waals surface area contributed by atoms with E-state index in [1.54, 1.807) is 18.2 Å². The van der Waals surface area contributed by atoms with E-state index in [-0.39, 0.29) is 45.3 Å². The fraction of sp³-hybridized carbons (Fsp3) is 0.278. The van der Waals surface area contributed by atoms with Crippen molar-refractivity contribution in [2.24, 2.45) is 0 Å². The largest absolute Gasteiger partial charge is 0.495 e. The van der Waals surface area contributed by atoms with Crippen LogP contribution in [-0.2, 0) is 9.84 Å². The average Bonchev–Trinajstić information content (AvgIpc) is 2.61. The van der Waals surface area contributed by atoms with E-state index in [0.29, 0.717) is 11.3 Å². The zero-order chi connectivity index (χ0) is 19.3. The number of ketones is 1. The maximum absolute atomic E-state index is 12.5. The number of para-hydroxylation sites is 1. The third-order valence-electron chi connectivity index (χ3n) is 3.64. The van der Waals surface area contributed by atoms with Crippen LogP contribution >= 0.6 is 23.2 Å². The summed E-state index contributed by atoms with van der Waals surface area (Å²) in [5, 5.41) is 0.389. The maximum atomic E-state index is 12.5. The lowest BCUT2D eigenvalue weighted by atomic mass is 10.1. The Kier molecular flexibility index (Phi) is 6.92. The van der Waals surface area contributed by atoms with E-state index >= 15 is 0 Å². The zero-order valence-corrected chi connectivity index (χ0v) is 16.6. The minimum atomic E-state index is -3.53. The second kappa shape index (κ2) is 8.75. The van der Waals surface area contributed by atoms with Crippen molar-refractivity contribution in [1.82, 2.24) is 0 Å². The second-order valence-corrected chi connectivity index (χ2v) is 8.33. The van der Waals surface area contributed by atoms with Crippen LogP contribution in [0, 0.1) is 0 Å². The fourth-order valence-corrected chi connectivity index (χ4v) is 4.19. The van der Waals surface area contributed by atoms with Crippen LogP contribution in [0.4, 0.5) is 0 Å². The van der Waals surface area contributed by atoms with Gasteiger partial charge >= 0.3 is 0 Å². The number of ether oxygens (including phenoxy) is 2. The van der Waals surface area contributed by atoms with Crippen LogP contribution in [-0.4, -0.2) is 33.7 Å². The highest BCUT2D eigenvalue weighted by Gasteiger charge is 2.20. The van der Waals surface area contributed by atoms with Crippen LogP contribution in [0.15, 0.2) is 41.3 Å². The van der Waals surface area contributed by atoms with Crippen LogP contribution in [0.1, 0.15) is 23.7 Å². The smallest absolute Gasteiger partial charge is 0.182 e. The molecule has 0 fully saturated rings. The van der Waals surface area contributed by atoms with Gasteiger partial charge in [0.1, 0.15) is 21.4 Å². The van der Waals surface area contributed by atoms with E-state index in [4.69, 9.17) is 32.7 Å². The minimum Gasteiger partial charge on any atom is -0.495 e. The van der Waals surface area contributed by atoms with Crippen molar-refractivity contribution in [3.05, 3.63) is 52.0 Å². The van der Waals surface area contributed by atoms with Gasteiger partial charge in [-0.05, 0) is 37.6 Å². The normalized spacial score (nSPS) is 11.2. The number of carbonyl (C=O) groups is 1. The van der Waals surface area contributed by atoms with Crippen LogP contribution in [0.3, 0.4) is 0 Å². The number of hydrogen-bond acceptors (Lipinski definition) is 5. The van der Waals surface area contributed by atoms with E-state index in [2.05, 4.69) is 0 Å². The summed E-state index contributed by atoms with van der Waals surface area (Å²) >= 11 is 12.1. The molecule has 0 aliphatic heterocycles. The number of rotatable bonds is 8. The van der Waals surface area contributed by atoms with E-state index in [1.165, 1.54) is 32.2 Å². The molecule has 5 nitrogen and oxygen atoms in total. The Labute approximate surface area is 162 Å². The van der Waals surface area contributed by atoms with E-state index in [1.807, 2.05) is 0 Å². The Bertz CT molecular complexity index is 910. The lowest BCUT2D eigenvalue weighted by molar-refractivity contribution is 0.101. The van der Waals surface area contributed by atoms with Gasteiger partial charge in [0.2, 0.25) is 0 Å². The molecule has 0 amide bonds. The minimum absolute atomic E-state index is 0.0642. The van der Waals surface area contributed by atoms with Crippen molar-refractivity contribution in [3.8, 4) is 11.5 Å². The number of Topliss-reactive ketones (excluding diaryl/α,β-unsaturated/α-hetero) is 1. The first-order valence-corrected chi connectivity index (χ1v) is 10.2. The van der Waals surface area contributed by atoms with Gasteiger partial charge in [-0.3, -0.25) is 4.79 Å². The lowest BCUT2D eigenvalue weighted by Gasteiger charge is -2.13. The summed E-state index contributed by atoms with van der Waals surface area (Å²) < 4.78 is 35.6. The first-order valence-electron chi connectivity index (χ1n) is 7.75. The van der Waals surface area contributed by atoms with Gasteiger partial charge in [-0.1, -0.05) is 35.3 Å². The molecule has 0 aromatic heterocycles. The Morgan fingerprint density at radius 3 is 2.46 bits per heavy atom. The SMILES string of the molecule is COc1ccccc1S(=O)(=O)CCCOc1c(C(C)=O)ccc(Cl)c1Cl. The molecule has 0 unspecified atom stereocenters. The average molecular weight is 417 g/mol. The van der Waals surface area contributed by atoms with Crippen molar-refractivity contribution in [1.29, 1.82) is 0 Å². The van der Waals surface area contributed by atoms with E-state index < -0.39 is 9.84 Å². The quantitative estimate of drug-likeness (QED) is 0.469. The third kappa shape index (κ3) is 4.69. The summed E-state index contributed by atoms with van der Waals surface area (Å²) in [5.74, 6) is 0.104. The van der Waals surface area contributed by atoms with Gasteiger partial charge in [0.15, 0.2) is 15.6 Å². The topological polar surface area (TPSA) is 69.7 Å². The number of benzene rings is 2. The van der Waals surface area contributed by atoms with Crippen LogP contribution in [0.25, 0.3) is 0 Å². The van der Waals surface area contributed by atoms with Crippen molar-refractivity contribution in [2.75, 3.05) is 19.5 Å². The molecule has 0 heterocycles. The number of sulfone groups is 1. The number of halogens is 2. The van der Waals surface area contributed by atoms with Crippen LogP contribution in [0.5, 0.6) is 11.5 Å². The van der Waals surface area contributed by atoms with Gasteiger partial charge in [0, 0.05) is 0 Å².